The molecule has 1 aliphatic carbocycles. The van der Waals surface area contributed by atoms with Crippen molar-refractivity contribution in [3.05, 3.63) is 51.8 Å². The summed E-state index contributed by atoms with van der Waals surface area (Å²) in [6.45, 7) is 5.71. The summed E-state index contributed by atoms with van der Waals surface area (Å²) in [5.74, 6) is -0.261. The summed E-state index contributed by atoms with van der Waals surface area (Å²) in [5.41, 5.74) is 2.56. The molecule has 0 spiro atoms. The first-order valence-corrected chi connectivity index (χ1v) is 9.48. The monoisotopic (exact) mass is 389 g/mol. The third kappa shape index (κ3) is 4.69. The maximum atomic E-state index is 12.5. The maximum Gasteiger partial charge on any atom is 0.342 e. The van der Waals surface area contributed by atoms with Gasteiger partial charge in [0.2, 0.25) is 0 Å². The Morgan fingerprint density at radius 2 is 2.04 bits per heavy atom. The summed E-state index contributed by atoms with van der Waals surface area (Å²) in [5, 5.41) is 7.95. The highest BCUT2D eigenvalue weighted by molar-refractivity contribution is 6.31. The van der Waals surface area contributed by atoms with E-state index in [4.69, 9.17) is 16.3 Å². The molecule has 6 nitrogen and oxygen atoms in total. The highest BCUT2D eigenvalue weighted by Gasteiger charge is 2.29. The Balaban J connectivity index is 1.63. The first-order chi connectivity index (χ1) is 12.9. The van der Waals surface area contributed by atoms with Gasteiger partial charge in [-0.2, -0.15) is 5.10 Å². The molecule has 0 saturated heterocycles. The van der Waals surface area contributed by atoms with Crippen LogP contribution in [0.3, 0.4) is 0 Å². The van der Waals surface area contributed by atoms with Gasteiger partial charge >= 0.3 is 5.97 Å². The van der Waals surface area contributed by atoms with E-state index in [1.54, 1.807) is 11.6 Å². The number of hydrogen-bond acceptors (Lipinski definition) is 4. The number of amides is 1. The van der Waals surface area contributed by atoms with E-state index in [2.05, 4.69) is 10.4 Å². The zero-order valence-electron chi connectivity index (χ0n) is 15.8. The molecular weight excluding hydrogens is 366 g/mol. The molecule has 0 aliphatic heterocycles. The van der Waals surface area contributed by atoms with Gasteiger partial charge in [0.15, 0.2) is 6.61 Å². The molecule has 1 N–H and O–H groups in total. The number of rotatable bonds is 7. The van der Waals surface area contributed by atoms with E-state index in [-0.39, 0.29) is 18.6 Å². The third-order valence-electron chi connectivity index (χ3n) is 4.92. The average Bonchev–Trinajstić information content (AvgIpc) is 3.42. The minimum Gasteiger partial charge on any atom is -0.452 e. The van der Waals surface area contributed by atoms with E-state index in [1.807, 2.05) is 38.1 Å². The minimum atomic E-state index is -0.537. The van der Waals surface area contributed by atoms with Gasteiger partial charge in [-0.15, -0.1) is 0 Å². The number of nitrogens with zero attached hydrogens (tertiary/aromatic N) is 2. The second-order valence-electron chi connectivity index (χ2n) is 7.06. The molecule has 1 amide bonds. The van der Waals surface area contributed by atoms with Gasteiger partial charge in [-0.25, -0.2) is 4.79 Å². The lowest BCUT2D eigenvalue weighted by Crippen LogP contribution is -2.37. The molecule has 7 heteroatoms. The molecule has 1 atom stereocenters. The fraction of sp³-hybridized carbons (Fsp3) is 0.450. The van der Waals surface area contributed by atoms with E-state index in [9.17, 15) is 9.59 Å². The zero-order valence-corrected chi connectivity index (χ0v) is 16.5. The summed E-state index contributed by atoms with van der Waals surface area (Å²) < 4.78 is 6.93. The van der Waals surface area contributed by atoms with Crippen LogP contribution in [-0.4, -0.2) is 34.3 Å². The topological polar surface area (TPSA) is 73.2 Å². The van der Waals surface area contributed by atoms with Gasteiger partial charge in [0.25, 0.3) is 5.91 Å². The van der Waals surface area contributed by atoms with Crippen molar-refractivity contribution in [3.63, 3.8) is 0 Å². The van der Waals surface area contributed by atoms with E-state index < -0.39 is 5.97 Å². The zero-order chi connectivity index (χ0) is 19.6. The summed E-state index contributed by atoms with van der Waals surface area (Å²) in [7, 11) is 0. The summed E-state index contributed by atoms with van der Waals surface area (Å²) in [6.07, 6.45) is 2.29. The Morgan fingerprint density at radius 1 is 1.33 bits per heavy atom. The molecule has 1 aromatic carbocycles. The lowest BCUT2D eigenvalue weighted by molar-refractivity contribution is -0.125. The minimum absolute atomic E-state index is 0.123. The van der Waals surface area contributed by atoms with Crippen molar-refractivity contribution in [3.8, 4) is 0 Å². The van der Waals surface area contributed by atoms with Crippen molar-refractivity contribution in [2.75, 3.05) is 6.61 Å². The maximum absolute atomic E-state index is 12.5. The molecular formula is C20H24ClN3O3. The van der Waals surface area contributed by atoms with Crippen LogP contribution in [0.1, 0.15) is 47.1 Å². The smallest absolute Gasteiger partial charge is 0.342 e. The van der Waals surface area contributed by atoms with Crippen molar-refractivity contribution in [2.45, 2.75) is 46.2 Å². The summed E-state index contributed by atoms with van der Waals surface area (Å²) in [4.78, 5) is 24.4. The van der Waals surface area contributed by atoms with Crippen molar-refractivity contribution >= 4 is 23.5 Å². The van der Waals surface area contributed by atoms with E-state index >= 15 is 0 Å². The predicted octanol–water partition coefficient (Wildman–Crippen LogP) is 3.27. The van der Waals surface area contributed by atoms with Crippen LogP contribution >= 0.6 is 11.6 Å². The van der Waals surface area contributed by atoms with Crippen LogP contribution in [-0.2, 0) is 16.1 Å². The normalized spacial score (nSPS) is 14.7. The molecule has 1 aliphatic rings. The van der Waals surface area contributed by atoms with E-state index in [0.29, 0.717) is 34.4 Å². The van der Waals surface area contributed by atoms with Crippen molar-refractivity contribution < 1.29 is 14.3 Å². The van der Waals surface area contributed by atoms with Crippen molar-refractivity contribution in [1.29, 1.82) is 0 Å². The highest BCUT2D eigenvalue weighted by atomic mass is 35.5. The second kappa shape index (κ2) is 8.13. The molecule has 1 saturated carbocycles. The lowest BCUT2D eigenvalue weighted by atomic mass is 10.2. The average molecular weight is 390 g/mol. The molecule has 1 fully saturated rings. The van der Waals surface area contributed by atoms with Crippen LogP contribution in [0.4, 0.5) is 0 Å². The first kappa shape index (κ1) is 19.4. The Morgan fingerprint density at radius 3 is 2.70 bits per heavy atom. The van der Waals surface area contributed by atoms with Crippen molar-refractivity contribution in [2.24, 2.45) is 5.92 Å². The van der Waals surface area contributed by atoms with Gasteiger partial charge in [0, 0.05) is 11.1 Å². The standard InChI is InChI=1S/C20H24ClN3O3/c1-12(15-8-9-15)22-18(25)11-27-20(26)19-13(2)23-24(14(19)3)10-16-6-4-5-7-17(16)21/h4-7,12,15H,8-11H2,1-3H3,(H,22,25)/t12-/m0/s1. The van der Waals surface area contributed by atoms with Crippen LogP contribution in [0, 0.1) is 19.8 Å². The number of benzene rings is 1. The van der Waals surface area contributed by atoms with Gasteiger partial charge in [-0.05, 0) is 51.2 Å². The Hall–Kier alpha value is -2.34. The van der Waals surface area contributed by atoms with Crippen LogP contribution in [0.5, 0.6) is 0 Å². The van der Waals surface area contributed by atoms with E-state index in [1.165, 1.54) is 0 Å². The Kier molecular flexibility index (Phi) is 5.85. The fourth-order valence-electron chi connectivity index (χ4n) is 3.15. The molecule has 3 rings (SSSR count). The Labute approximate surface area is 163 Å². The number of carbonyl (C=O) groups excluding carboxylic acids is 2. The van der Waals surface area contributed by atoms with Crippen LogP contribution < -0.4 is 5.32 Å². The molecule has 0 unspecified atom stereocenters. The lowest BCUT2D eigenvalue weighted by Gasteiger charge is -2.12. The predicted molar refractivity (Wildman–Crippen MR) is 103 cm³/mol. The number of halogens is 1. The number of esters is 1. The number of ether oxygens (including phenoxy) is 1. The highest BCUT2D eigenvalue weighted by Crippen LogP contribution is 2.32. The number of aromatic nitrogens is 2. The van der Waals surface area contributed by atoms with Crippen molar-refractivity contribution in [1.82, 2.24) is 15.1 Å². The number of nitrogens with one attached hydrogen (secondary N) is 1. The fourth-order valence-corrected chi connectivity index (χ4v) is 3.34. The molecule has 144 valence electrons. The molecule has 1 aromatic heterocycles. The number of aryl methyl sites for hydroxylation is 1. The summed E-state index contributed by atoms with van der Waals surface area (Å²) in [6, 6.07) is 7.63. The third-order valence-corrected chi connectivity index (χ3v) is 5.28. The molecule has 0 bridgehead atoms. The summed E-state index contributed by atoms with van der Waals surface area (Å²) >= 11 is 6.21. The quantitative estimate of drug-likeness (QED) is 0.737. The van der Waals surface area contributed by atoms with Gasteiger partial charge in [0.1, 0.15) is 5.56 Å². The SMILES string of the molecule is Cc1nn(Cc2ccccc2Cl)c(C)c1C(=O)OCC(=O)N[C@@H](C)C1CC1. The van der Waals surface area contributed by atoms with Gasteiger partial charge in [0.05, 0.1) is 17.9 Å². The molecule has 27 heavy (non-hydrogen) atoms. The molecule has 0 radical (unpaired) electrons. The molecule has 2 aromatic rings. The first-order valence-electron chi connectivity index (χ1n) is 9.10. The largest absolute Gasteiger partial charge is 0.452 e. The number of hydrogen-bond donors (Lipinski definition) is 1. The number of carbonyl (C=O) groups is 2. The van der Waals surface area contributed by atoms with Gasteiger partial charge < -0.3 is 10.1 Å². The van der Waals surface area contributed by atoms with Crippen LogP contribution in [0.15, 0.2) is 24.3 Å². The Bertz CT molecular complexity index is 858. The van der Waals surface area contributed by atoms with E-state index in [0.717, 1.165) is 18.4 Å². The van der Waals surface area contributed by atoms with Crippen LogP contribution in [0.2, 0.25) is 5.02 Å². The van der Waals surface area contributed by atoms with Gasteiger partial charge in [-0.3, -0.25) is 9.48 Å². The van der Waals surface area contributed by atoms with Crippen LogP contribution in [0.25, 0.3) is 0 Å². The second-order valence-corrected chi connectivity index (χ2v) is 7.47. The van der Waals surface area contributed by atoms with Gasteiger partial charge in [-0.1, -0.05) is 29.8 Å². The molecule has 1 heterocycles.